The monoisotopic (exact) mass is 408 g/mol. The third kappa shape index (κ3) is 4.00. The van der Waals surface area contributed by atoms with Crippen molar-refractivity contribution in [1.82, 2.24) is 9.55 Å². The van der Waals surface area contributed by atoms with Gasteiger partial charge in [-0.2, -0.15) is 4.98 Å². The molecule has 2 aromatic rings. The molecule has 0 saturated heterocycles. The molecule has 0 atom stereocenters. The Labute approximate surface area is 142 Å². The van der Waals surface area contributed by atoms with E-state index in [1.54, 1.807) is 12.1 Å². The van der Waals surface area contributed by atoms with Gasteiger partial charge in [-0.1, -0.05) is 50.9 Å². The van der Waals surface area contributed by atoms with Gasteiger partial charge >= 0.3 is 5.97 Å². The lowest BCUT2D eigenvalue weighted by Gasteiger charge is -2.14. The molecular weight excluding hydrogens is 403 g/mol. The Bertz CT molecular complexity index is 743. The summed E-state index contributed by atoms with van der Waals surface area (Å²) in [7, 11) is 0. The Hall–Kier alpha value is -1.02. The van der Waals surface area contributed by atoms with Gasteiger partial charge in [0.1, 0.15) is 0 Å². The van der Waals surface area contributed by atoms with E-state index in [1.807, 2.05) is 0 Å². The molecule has 0 fully saturated rings. The first-order valence-electron chi connectivity index (χ1n) is 5.47. The number of rotatable bonds is 4. The van der Waals surface area contributed by atoms with Crippen molar-refractivity contribution >= 4 is 56.9 Å². The number of hydrogen-bond acceptors (Lipinski definition) is 4. The number of carboxylic acid groups (broad SMARTS) is 1. The van der Waals surface area contributed by atoms with E-state index in [-0.39, 0.29) is 10.9 Å². The fourth-order valence-electron chi connectivity index (χ4n) is 1.55. The first kappa shape index (κ1) is 16.4. The lowest BCUT2D eigenvalue weighted by atomic mass is 10.3. The Morgan fingerprint density at radius 1 is 1.38 bits per heavy atom. The van der Waals surface area contributed by atoms with Crippen LogP contribution in [0, 0.1) is 0 Å². The second-order valence-electron chi connectivity index (χ2n) is 3.82. The fourth-order valence-corrected chi connectivity index (χ4v) is 3.64. The molecule has 0 radical (unpaired) electrons. The van der Waals surface area contributed by atoms with Crippen molar-refractivity contribution in [1.29, 1.82) is 0 Å². The molecule has 21 heavy (non-hydrogen) atoms. The van der Waals surface area contributed by atoms with Gasteiger partial charge in [0.2, 0.25) is 0 Å². The summed E-state index contributed by atoms with van der Waals surface area (Å²) in [6.07, 6.45) is 1.46. The summed E-state index contributed by atoms with van der Waals surface area (Å²) < 4.78 is 2.20. The maximum Gasteiger partial charge on any atom is 0.313 e. The molecule has 0 amide bonds. The largest absolute Gasteiger partial charge is 0.481 e. The van der Waals surface area contributed by atoms with E-state index in [2.05, 4.69) is 20.9 Å². The number of hydrogen-bond donors (Lipinski definition) is 1. The third-order valence-corrected chi connectivity index (χ3v) is 4.30. The number of aliphatic carboxylic acids is 1. The average Bonchev–Trinajstić information content (AvgIpc) is 2.37. The van der Waals surface area contributed by atoms with E-state index >= 15 is 0 Å². The highest BCUT2D eigenvalue weighted by molar-refractivity contribution is 9.10. The Morgan fingerprint density at radius 3 is 2.57 bits per heavy atom. The van der Waals surface area contributed by atoms with Crippen molar-refractivity contribution in [3.05, 3.63) is 49.3 Å². The normalized spacial score (nSPS) is 10.6. The van der Waals surface area contributed by atoms with Gasteiger partial charge in [-0.25, -0.2) is 0 Å². The van der Waals surface area contributed by atoms with Crippen LogP contribution >= 0.6 is 50.9 Å². The van der Waals surface area contributed by atoms with E-state index in [1.165, 1.54) is 16.8 Å². The minimum absolute atomic E-state index is 0.205. The summed E-state index contributed by atoms with van der Waals surface area (Å²) in [6, 6.07) is 4.54. The minimum atomic E-state index is -1.02. The number of aromatic nitrogens is 2. The molecule has 0 aliphatic carbocycles. The summed E-state index contributed by atoms with van der Waals surface area (Å²) >= 11 is 16.5. The predicted octanol–water partition coefficient (Wildman–Crippen LogP) is 3.48. The Balaban J connectivity index is 2.58. The Morgan fingerprint density at radius 2 is 2.00 bits per heavy atom. The van der Waals surface area contributed by atoms with Crippen LogP contribution in [-0.4, -0.2) is 26.4 Å². The van der Waals surface area contributed by atoms with Crippen LogP contribution in [0.25, 0.3) is 5.69 Å². The molecule has 0 unspecified atom stereocenters. The zero-order chi connectivity index (χ0) is 15.6. The van der Waals surface area contributed by atoms with Gasteiger partial charge in [0.25, 0.3) is 5.56 Å². The van der Waals surface area contributed by atoms with Gasteiger partial charge in [0.15, 0.2) is 5.16 Å². The van der Waals surface area contributed by atoms with Crippen LogP contribution in [0.2, 0.25) is 10.0 Å². The Kier molecular flexibility index (Phi) is 5.32. The highest BCUT2D eigenvalue weighted by Gasteiger charge is 2.14. The van der Waals surface area contributed by atoms with E-state index in [4.69, 9.17) is 28.3 Å². The molecule has 1 heterocycles. The van der Waals surface area contributed by atoms with Crippen LogP contribution in [0.4, 0.5) is 0 Å². The molecule has 0 aliphatic heterocycles. The van der Waals surface area contributed by atoms with E-state index in [9.17, 15) is 9.59 Å². The van der Waals surface area contributed by atoms with Gasteiger partial charge in [0, 0.05) is 16.7 Å². The summed E-state index contributed by atoms with van der Waals surface area (Å²) in [5.74, 6) is -1.25. The molecule has 0 saturated carbocycles. The van der Waals surface area contributed by atoms with Crippen LogP contribution < -0.4 is 5.56 Å². The highest BCUT2D eigenvalue weighted by Crippen LogP contribution is 2.34. The maximum atomic E-state index is 11.4. The van der Waals surface area contributed by atoms with Crippen LogP contribution in [-0.2, 0) is 4.79 Å². The number of carbonyl (C=O) groups is 1. The molecule has 0 aliphatic rings. The summed E-state index contributed by atoms with van der Waals surface area (Å²) in [5, 5.41) is 9.65. The number of halogens is 3. The minimum Gasteiger partial charge on any atom is -0.481 e. The van der Waals surface area contributed by atoms with Crippen molar-refractivity contribution in [2.45, 2.75) is 5.16 Å². The van der Waals surface area contributed by atoms with Gasteiger partial charge in [0.05, 0.1) is 21.5 Å². The first-order valence-corrected chi connectivity index (χ1v) is 8.01. The van der Waals surface area contributed by atoms with Crippen LogP contribution in [0.5, 0.6) is 0 Å². The van der Waals surface area contributed by atoms with E-state index < -0.39 is 11.5 Å². The molecule has 9 heteroatoms. The molecule has 5 nitrogen and oxygen atoms in total. The van der Waals surface area contributed by atoms with Gasteiger partial charge < -0.3 is 5.11 Å². The quantitative estimate of drug-likeness (QED) is 0.618. The zero-order valence-electron chi connectivity index (χ0n) is 10.2. The molecule has 0 spiro atoms. The second kappa shape index (κ2) is 6.83. The first-order chi connectivity index (χ1) is 9.88. The summed E-state index contributed by atoms with van der Waals surface area (Å²) in [4.78, 5) is 25.9. The number of thioether (sulfide) groups is 1. The predicted molar refractivity (Wildman–Crippen MR) is 85.9 cm³/mol. The molecule has 1 aromatic heterocycles. The third-order valence-electron chi connectivity index (χ3n) is 2.33. The topological polar surface area (TPSA) is 72.2 Å². The van der Waals surface area contributed by atoms with Gasteiger partial charge in [-0.15, -0.1) is 0 Å². The molecule has 110 valence electrons. The van der Waals surface area contributed by atoms with Crippen molar-refractivity contribution in [3.8, 4) is 5.69 Å². The van der Waals surface area contributed by atoms with Gasteiger partial charge in [-0.05, 0) is 12.1 Å². The van der Waals surface area contributed by atoms with Crippen molar-refractivity contribution in [3.63, 3.8) is 0 Å². The number of benzene rings is 1. The molecular formula is C12H7BrCl2N2O3S. The fraction of sp³-hybridized carbons (Fsp3) is 0.0833. The molecule has 0 bridgehead atoms. The van der Waals surface area contributed by atoms with Gasteiger partial charge in [-0.3, -0.25) is 14.2 Å². The lowest BCUT2D eigenvalue weighted by molar-refractivity contribution is -0.133. The average molecular weight is 410 g/mol. The molecule has 2 rings (SSSR count). The van der Waals surface area contributed by atoms with Crippen LogP contribution in [0.1, 0.15) is 0 Å². The van der Waals surface area contributed by atoms with Crippen molar-refractivity contribution < 1.29 is 9.90 Å². The summed E-state index contributed by atoms with van der Waals surface area (Å²) in [6.45, 7) is 0. The van der Waals surface area contributed by atoms with Crippen molar-refractivity contribution in [2.24, 2.45) is 0 Å². The smallest absolute Gasteiger partial charge is 0.313 e. The number of nitrogens with zero attached hydrogens (tertiary/aromatic N) is 2. The molecule has 1 aromatic carbocycles. The highest BCUT2D eigenvalue weighted by atomic mass is 79.9. The zero-order valence-corrected chi connectivity index (χ0v) is 14.1. The second-order valence-corrected chi connectivity index (χ2v) is 6.49. The van der Waals surface area contributed by atoms with E-state index in [0.29, 0.717) is 20.2 Å². The van der Waals surface area contributed by atoms with E-state index in [0.717, 1.165) is 11.8 Å². The maximum absolute atomic E-state index is 11.4. The SMILES string of the molecule is O=C(O)CSc1nc(=O)ccn1-c1c(Cl)cc(Br)cc1Cl. The molecule has 1 N–H and O–H groups in total. The standard InChI is InChI=1S/C12H7BrCl2N2O3S/c13-6-3-7(14)11(8(15)4-6)17-2-1-9(18)16-12(17)21-5-10(19)20/h1-4H,5H2,(H,19,20). The summed E-state index contributed by atoms with van der Waals surface area (Å²) in [5.41, 5.74) is -0.0367. The lowest BCUT2D eigenvalue weighted by Crippen LogP contribution is -2.13. The van der Waals surface area contributed by atoms with Crippen LogP contribution in [0.15, 0.2) is 38.8 Å². The number of carboxylic acids is 1. The van der Waals surface area contributed by atoms with Crippen LogP contribution in [0.3, 0.4) is 0 Å². The van der Waals surface area contributed by atoms with Crippen molar-refractivity contribution in [2.75, 3.05) is 5.75 Å².